The van der Waals surface area contributed by atoms with E-state index >= 15 is 0 Å². The number of pyridine rings is 1. The van der Waals surface area contributed by atoms with E-state index in [1.807, 2.05) is 60.7 Å². The average molecular weight is 885 g/mol. The van der Waals surface area contributed by atoms with E-state index in [1.165, 1.54) is 0 Å². The summed E-state index contributed by atoms with van der Waals surface area (Å²) in [6.45, 7) is 9.02. The maximum Gasteiger partial charge on any atom is 0.197 e. The first-order valence-corrected chi connectivity index (χ1v) is 22.9. The van der Waals surface area contributed by atoms with Crippen molar-refractivity contribution in [2.24, 2.45) is 0 Å². The van der Waals surface area contributed by atoms with Crippen molar-refractivity contribution in [1.82, 2.24) is 19.5 Å². The Morgan fingerprint density at radius 2 is 0.652 bits per heavy atom. The fourth-order valence-corrected chi connectivity index (χ4v) is 10.2. The number of aromatic nitrogens is 4. The molecule has 2 aliphatic rings. The van der Waals surface area contributed by atoms with Gasteiger partial charge in [0.2, 0.25) is 0 Å². The quantitative estimate of drug-likeness (QED) is 0.155. The lowest BCUT2D eigenvalue weighted by molar-refractivity contribution is 1.07. The summed E-state index contributed by atoms with van der Waals surface area (Å²) in [7, 11) is 0. The van der Waals surface area contributed by atoms with Crippen LogP contribution in [0.2, 0.25) is 0 Å². The molecule has 13 rings (SSSR count). The Balaban J connectivity index is 1.00. The second-order valence-corrected chi connectivity index (χ2v) is 17.4. The van der Waals surface area contributed by atoms with Crippen LogP contribution >= 0.6 is 0 Å². The van der Waals surface area contributed by atoms with Crippen LogP contribution in [0.3, 0.4) is 0 Å². The van der Waals surface area contributed by atoms with E-state index in [0.29, 0.717) is 28.2 Å². The molecule has 0 saturated heterocycles. The highest BCUT2D eigenvalue weighted by molar-refractivity contribution is 6.02. The van der Waals surface area contributed by atoms with E-state index in [-0.39, 0.29) is 5.43 Å². The van der Waals surface area contributed by atoms with Crippen LogP contribution in [0.25, 0.3) is 72.8 Å². The first-order chi connectivity index (χ1) is 34.0. The highest BCUT2D eigenvalue weighted by Crippen LogP contribution is 2.50. The molecule has 7 nitrogen and oxygen atoms in total. The minimum absolute atomic E-state index is 0.00717. The van der Waals surface area contributed by atoms with Crippen molar-refractivity contribution < 1.29 is 0 Å². The standard InChI is InChI=1S/C62H40N6O/c1-39-47-24-3-9-30-53(47)66(54-31-10-4-25-48(39)54)44-21-15-18-41(36-44)60-63-61(42-19-16-22-45(37-42)67-55-32-11-5-26-49(55)40(2)50-27-6-12-33-56(50)67)65-62(64-60)43-20-17-23-46(38-43)68-57-34-13-7-28-51(57)59(69)52-29-8-14-35-58(52)68/h3-38H,1-2H2. The molecular weight excluding hydrogens is 845 g/mol. The third-order valence-electron chi connectivity index (χ3n) is 13.4. The van der Waals surface area contributed by atoms with Crippen molar-refractivity contribution in [2.45, 2.75) is 0 Å². The Morgan fingerprint density at radius 3 is 1.04 bits per heavy atom. The van der Waals surface area contributed by atoms with E-state index in [4.69, 9.17) is 15.0 Å². The average Bonchev–Trinajstić information content (AvgIpc) is 3.41. The van der Waals surface area contributed by atoms with Crippen LogP contribution in [0.5, 0.6) is 0 Å². The van der Waals surface area contributed by atoms with E-state index < -0.39 is 0 Å². The Kier molecular flexibility index (Phi) is 9.16. The molecule has 2 aromatic heterocycles. The zero-order valence-electron chi connectivity index (χ0n) is 37.3. The summed E-state index contributed by atoms with van der Waals surface area (Å²) in [6, 6.07) is 74.2. The summed E-state index contributed by atoms with van der Waals surface area (Å²) in [5.41, 5.74) is 17.4. The maximum atomic E-state index is 13.8. The Hall–Kier alpha value is -9.46. The predicted octanol–water partition coefficient (Wildman–Crippen LogP) is 15.0. The highest BCUT2D eigenvalue weighted by Gasteiger charge is 2.28. The lowest BCUT2D eigenvalue weighted by atomic mass is 9.91. The number of nitrogens with zero attached hydrogens (tertiary/aromatic N) is 6. The molecule has 0 N–H and O–H groups in total. The zero-order chi connectivity index (χ0) is 46.2. The first kappa shape index (κ1) is 39.9. The summed E-state index contributed by atoms with van der Waals surface area (Å²) in [5.74, 6) is 1.57. The van der Waals surface area contributed by atoms with Gasteiger partial charge >= 0.3 is 0 Å². The van der Waals surface area contributed by atoms with Crippen LogP contribution in [0.4, 0.5) is 34.1 Å². The van der Waals surface area contributed by atoms with Crippen LogP contribution in [0.1, 0.15) is 22.3 Å². The predicted molar refractivity (Wildman–Crippen MR) is 282 cm³/mol. The van der Waals surface area contributed by atoms with Crippen LogP contribution in [0, 0.1) is 0 Å². The van der Waals surface area contributed by atoms with Crippen LogP contribution in [-0.2, 0) is 0 Å². The molecule has 0 aliphatic carbocycles. The molecule has 7 heteroatoms. The molecule has 0 amide bonds. The molecule has 0 spiro atoms. The Morgan fingerprint density at radius 1 is 0.333 bits per heavy atom. The lowest BCUT2D eigenvalue weighted by Gasteiger charge is -2.34. The van der Waals surface area contributed by atoms with Gasteiger partial charge in [-0.25, -0.2) is 15.0 Å². The number of rotatable bonds is 6. The van der Waals surface area contributed by atoms with Gasteiger partial charge in [0.05, 0.1) is 33.8 Å². The van der Waals surface area contributed by atoms with Gasteiger partial charge in [0.1, 0.15) is 0 Å². The molecule has 69 heavy (non-hydrogen) atoms. The third-order valence-corrected chi connectivity index (χ3v) is 13.4. The topological polar surface area (TPSA) is 67.2 Å². The minimum Gasteiger partial charge on any atom is -0.309 e. The van der Waals surface area contributed by atoms with Gasteiger partial charge in [-0.15, -0.1) is 0 Å². The van der Waals surface area contributed by atoms with Gasteiger partial charge in [-0.1, -0.05) is 147 Å². The van der Waals surface area contributed by atoms with Gasteiger partial charge < -0.3 is 14.4 Å². The number of hydrogen-bond acceptors (Lipinski definition) is 6. The molecular formula is C62H40N6O. The van der Waals surface area contributed by atoms with Crippen LogP contribution in [0.15, 0.2) is 236 Å². The van der Waals surface area contributed by atoms with Gasteiger partial charge in [-0.3, -0.25) is 4.79 Å². The van der Waals surface area contributed by atoms with E-state index in [0.717, 1.165) is 101 Å². The summed E-state index contributed by atoms with van der Waals surface area (Å²) in [4.78, 5) is 34.3. The molecule has 0 atom stereocenters. The molecule has 4 heterocycles. The number of hydrogen-bond donors (Lipinski definition) is 0. The summed E-state index contributed by atoms with van der Waals surface area (Å²) in [6.07, 6.45) is 0. The lowest BCUT2D eigenvalue weighted by Crippen LogP contribution is -2.17. The molecule has 0 saturated carbocycles. The van der Waals surface area contributed by atoms with Gasteiger partial charge in [-0.05, 0) is 96.1 Å². The Labute approximate surface area is 398 Å². The fraction of sp³-hybridized carbons (Fsp3) is 0. The van der Waals surface area contributed by atoms with Crippen LogP contribution in [-0.4, -0.2) is 19.5 Å². The van der Waals surface area contributed by atoms with Crippen LogP contribution < -0.4 is 15.2 Å². The number of para-hydroxylation sites is 6. The molecule has 0 unspecified atom stereocenters. The zero-order valence-corrected chi connectivity index (χ0v) is 37.3. The second-order valence-electron chi connectivity index (χ2n) is 17.4. The summed E-state index contributed by atoms with van der Waals surface area (Å²) in [5, 5.41) is 1.30. The molecule has 324 valence electrons. The van der Waals surface area contributed by atoms with E-state index in [9.17, 15) is 4.79 Å². The highest BCUT2D eigenvalue weighted by atomic mass is 16.1. The third kappa shape index (κ3) is 6.43. The largest absolute Gasteiger partial charge is 0.309 e. The summed E-state index contributed by atoms with van der Waals surface area (Å²) < 4.78 is 2.15. The molecule has 11 aromatic rings. The normalized spacial score (nSPS) is 12.7. The van der Waals surface area contributed by atoms with Gasteiger partial charge in [-0.2, -0.15) is 0 Å². The number of anilines is 6. The SMILES string of the molecule is C=C1c2ccccc2N(c2cccc(-c3nc(-c4cccc(N5c6ccccc6C(=C)c6ccccc65)c4)nc(-c4cccc(-n5c6ccccc6c(=O)c6ccccc65)c4)n3)c2)c2ccccc21. The van der Waals surface area contributed by atoms with Gasteiger partial charge in [0, 0.05) is 66.8 Å². The molecule has 0 fully saturated rings. The van der Waals surface area contributed by atoms with Gasteiger partial charge in [0.25, 0.3) is 0 Å². The fourth-order valence-electron chi connectivity index (χ4n) is 10.2. The first-order valence-electron chi connectivity index (χ1n) is 22.9. The van der Waals surface area contributed by atoms with Crippen molar-refractivity contribution in [3.05, 3.63) is 264 Å². The molecule has 9 aromatic carbocycles. The second kappa shape index (κ2) is 15.9. The molecule has 2 aliphatic heterocycles. The van der Waals surface area contributed by atoms with Crippen molar-refractivity contribution in [3.63, 3.8) is 0 Å². The minimum atomic E-state index is 0.00717. The smallest absolute Gasteiger partial charge is 0.197 e. The van der Waals surface area contributed by atoms with Crippen molar-refractivity contribution in [1.29, 1.82) is 0 Å². The van der Waals surface area contributed by atoms with Crippen molar-refractivity contribution >= 4 is 67.1 Å². The Bertz CT molecular complexity index is 3690. The van der Waals surface area contributed by atoms with Crippen molar-refractivity contribution in [3.8, 4) is 39.9 Å². The number of fused-ring (bicyclic) bond motifs is 6. The monoisotopic (exact) mass is 884 g/mol. The summed E-state index contributed by atoms with van der Waals surface area (Å²) >= 11 is 0. The number of benzene rings is 9. The van der Waals surface area contributed by atoms with E-state index in [1.54, 1.807) is 0 Å². The molecule has 0 radical (unpaired) electrons. The van der Waals surface area contributed by atoms with Crippen molar-refractivity contribution in [2.75, 3.05) is 9.80 Å². The maximum absolute atomic E-state index is 13.8. The van der Waals surface area contributed by atoms with Gasteiger partial charge in [0.15, 0.2) is 22.9 Å². The molecule has 0 bridgehead atoms. The van der Waals surface area contributed by atoms with E-state index in [2.05, 4.69) is 185 Å².